The van der Waals surface area contributed by atoms with E-state index in [1.807, 2.05) is 30.3 Å². The second-order valence-electron chi connectivity index (χ2n) is 11.2. The lowest BCUT2D eigenvalue weighted by atomic mass is 10.0. The Morgan fingerprint density at radius 3 is 2.22 bits per heavy atom. The van der Waals surface area contributed by atoms with Crippen LogP contribution in [0.25, 0.3) is 10.8 Å². The smallest absolute Gasteiger partial charge is 0.258 e. The Morgan fingerprint density at radius 2 is 1.59 bits per heavy atom. The summed E-state index contributed by atoms with van der Waals surface area (Å²) in [5.41, 5.74) is 8.39. The highest BCUT2D eigenvalue weighted by Gasteiger charge is 2.43. The maximum absolute atomic E-state index is 14.7. The van der Waals surface area contributed by atoms with Crippen molar-refractivity contribution in [1.82, 2.24) is 5.32 Å². The van der Waals surface area contributed by atoms with Gasteiger partial charge in [-0.25, -0.2) is 0 Å². The highest BCUT2D eigenvalue weighted by atomic mass is 79.9. The summed E-state index contributed by atoms with van der Waals surface area (Å²) >= 11 is 3.63. The van der Waals surface area contributed by atoms with E-state index in [4.69, 9.17) is 10.5 Å². The lowest BCUT2D eigenvalue weighted by Crippen LogP contribution is -2.58. The molecule has 0 aliphatic carbocycles. The molecule has 1 heterocycles. The van der Waals surface area contributed by atoms with E-state index in [1.54, 1.807) is 79.3 Å². The summed E-state index contributed by atoms with van der Waals surface area (Å²) in [6, 6.07) is 21.4. The predicted octanol–water partition coefficient (Wildman–Crippen LogP) is 5.90. The molecule has 1 aliphatic heterocycles. The average Bonchev–Trinajstić information content (AvgIpc) is 3.13. The lowest BCUT2D eigenvalue weighted by Gasteiger charge is -2.32. The number of ketones is 1. The van der Waals surface area contributed by atoms with Gasteiger partial charge in [-0.1, -0.05) is 59.3 Å². The number of carbonyl (C=O) groups is 4. The van der Waals surface area contributed by atoms with Gasteiger partial charge in [0.05, 0.1) is 31.1 Å². The maximum Gasteiger partial charge on any atom is 0.258 e. The van der Waals surface area contributed by atoms with Crippen molar-refractivity contribution in [3.8, 4) is 5.75 Å². The van der Waals surface area contributed by atoms with Crippen molar-refractivity contribution in [1.29, 1.82) is 0 Å². The molecule has 5 rings (SSSR count). The van der Waals surface area contributed by atoms with E-state index < -0.39 is 23.9 Å². The van der Waals surface area contributed by atoms with Crippen molar-refractivity contribution in [2.45, 2.75) is 39.4 Å². The van der Waals surface area contributed by atoms with Gasteiger partial charge in [0.25, 0.3) is 11.8 Å². The summed E-state index contributed by atoms with van der Waals surface area (Å²) in [6.45, 7) is 5.09. The number of para-hydroxylation sites is 2. The number of nitrogens with zero attached hydrogens (tertiary/aromatic N) is 2. The second kappa shape index (κ2) is 14.5. The molecule has 3 N–H and O–H groups in total. The van der Waals surface area contributed by atoms with Crippen LogP contribution in [0.4, 0.5) is 11.4 Å². The molecular formula is C35H36BrClN4O5. The number of nitrogens with one attached hydrogen (secondary N) is 1. The van der Waals surface area contributed by atoms with E-state index in [2.05, 4.69) is 21.2 Å². The van der Waals surface area contributed by atoms with Gasteiger partial charge in [0, 0.05) is 33.6 Å². The molecule has 240 valence electrons. The summed E-state index contributed by atoms with van der Waals surface area (Å²) in [7, 11) is 1.58. The molecular weight excluding hydrogens is 672 g/mol. The number of methoxy groups -OCH3 is 1. The van der Waals surface area contributed by atoms with E-state index in [-0.39, 0.29) is 43.1 Å². The van der Waals surface area contributed by atoms with Gasteiger partial charge in [0.1, 0.15) is 11.8 Å². The molecule has 11 heteroatoms. The normalized spacial score (nSPS) is 16.6. The van der Waals surface area contributed by atoms with Gasteiger partial charge in [0.15, 0.2) is 5.78 Å². The van der Waals surface area contributed by atoms with Crippen molar-refractivity contribution in [2.24, 2.45) is 11.7 Å². The molecule has 3 amide bonds. The van der Waals surface area contributed by atoms with Crippen LogP contribution in [0, 0.1) is 5.92 Å². The second-order valence-corrected chi connectivity index (χ2v) is 12.0. The number of benzene rings is 4. The van der Waals surface area contributed by atoms with E-state index in [1.165, 1.54) is 6.92 Å². The zero-order valence-corrected chi connectivity index (χ0v) is 28.4. The first-order valence-electron chi connectivity index (χ1n) is 14.7. The molecule has 0 saturated carbocycles. The van der Waals surface area contributed by atoms with Crippen LogP contribution in [0.1, 0.15) is 47.1 Å². The zero-order valence-electron chi connectivity index (χ0n) is 26.0. The Kier molecular flexibility index (Phi) is 10.9. The van der Waals surface area contributed by atoms with E-state index in [0.717, 1.165) is 20.8 Å². The fourth-order valence-corrected chi connectivity index (χ4v) is 6.16. The number of ether oxygens (including phenoxy) is 1. The summed E-state index contributed by atoms with van der Waals surface area (Å²) < 4.78 is 6.66. The van der Waals surface area contributed by atoms with Crippen LogP contribution in [0.5, 0.6) is 5.75 Å². The minimum atomic E-state index is -1.10. The van der Waals surface area contributed by atoms with Crippen LogP contribution in [0.15, 0.2) is 83.3 Å². The largest absolute Gasteiger partial charge is 0.496 e. The molecule has 0 aromatic heterocycles. The minimum Gasteiger partial charge on any atom is -0.496 e. The summed E-state index contributed by atoms with van der Waals surface area (Å²) in [6.07, 6.45) is 0. The Balaban J connectivity index is 0.00000480. The molecule has 0 radical (unpaired) electrons. The van der Waals surface area contributed by atoms with Gasteiger partial charge >= 0.3 is 0 Å². The van der Waals surface area contributed by atoms with Crippen molar-refractivity contribution >= 4 is 74.0 Å². The quantitative estimate of drug-likeness (QED) is 0.220. The molecule has 9 nitrogen and oxygen atoms in total. The molecule has 0 fully saturated rings. The SMILES string of the molecule is COc1ccc2c(Br)cccc2c1CN1C(=O)[C@@H](NC(=O)[C@@H](C)CN)[C@H](C)N(C(=O)c2ccc(C(C)=O)cc2)c2ccccc21.Cl. The lowest BCUT2D eigenvalue weighted by molar-refractivity contribution is -0.129. The number of hydrogen-bond acceptors (Lipinski definition) is 6. The Hall–Kier alpha value is -4.25. The van der Waals surface area contributed by atoms with Gasteiger partial charge < -0.3 is 25.6 Å². The van der Waals surface area contributed by atoms with Gasteiger partial charge in [0.2, 0.25) is 5.91 Å². The van der Waals surface area contributed by atoms with Crippen LogP contribution in [0.2, 0.25) is 0 Å². The number of rotatable bonds is 8. The number of anilines is 2. The van der Waals surface area contributed by atoms with Crippen LogP contribution in [0.3, 0.4) is 0 Å². The number of fused-ring (bicyclic) bond motifs is 2. The predicted molar refractivity (Wildman–Crippen MR) is 186 cm³/mol. The van der Waals surface area contributed by atoms with Crippen LogP contribution >= 0.6 is 28.3 Å². The van der Waals surface area contributed by atoms with E-state index in [0.29, 0.717) is 28.3 Å². The first kappa shape index (κ1) is 34.6. The molecule has 4 aromatic rings. The van der Waals surface area contributed by atoms with Crippen LogP contribution < -0.4 is 25.6 Å². The maximum atomic E-state index is 14.7. The number of amides is 3. The van der Waals surface area contributed by atoms with Crippen molar-refractivity contribution < 1.29 is 23.9 Å². The molecule has 0 unspecified atom stereocenters. The minimum absolute atomic E-state index is 0. The third-order valence-corrected chi connectivity index (χ3v) is 9.01. The summed E-state index contributed by atoms with van der Waals surface area (Å²) in [5.74, 6) is -1.22. The fourth-order valence-electron chi connectivity index (χ4n) is 5.66. The third-order valence-electron chi connectivity index (χ3n) is 8.32. The highest BCUT2D eigenvalue weighted by molar-refractivity contribution is 9.10. The highest BCUT2D eigenvalue weighted by Crippen LogP contribution is 2.40. The number of nitrogens with two attached hydrogens (primary N) is 1. The topological polar surface area (TPSA) is 122 Å². The van der Waals surface area contributed by atoms with Gasteiger partial charge in [-0.2, -0.15) is 0 Å². The Bertz CT molecular complexity index is 1800. The summed E-state index contributed by atoms with van der Waals surface area (Å²) in [4.78, 5) is 57.2. The fraction of sp³-hybridized carbons (Fsp3) is 0.257. The van der Waals surface area contributed by atoms with Gasteiger partial charge in [-0.05, 0) is 67.1 Å². The molecule has 0 bridgehead atoms. The molecule has 0 saturated heterocycles. The molecule has 3 atom stereocenters. The van der Waals surface area contributed by atoms with E-state index >= 15 is 0 Å². The Morgan fingerprint density at radius 1 is 0.935 bits per heavy atom. The van der Waals surface area contributed by atoms with Crippen molar-refractivity contribution in [3.63, 3.8) is 0 Å². The van der Waals surface area contributed by atoms with Crippen LogP contribution in [-0.2, 0) is 16.1 Å². The molecule has 4 aromatic carbocycles. The van der Waals surface area contributed by atoms with E-state index in [9.17, 15) is 19.2 Å². The average molecular weight is 708 g/mol. The number of Topliss-reactive ketones (excluding diaryl/α,β-unsaturated/α-hetero) is 1. The first-order valence-corrected chi connectivity index (χ1v) is 15.5. The number of hydrogen-bond donors (Lipinski definition) is 2. The number of halogens is 2. The monoisotopic (exact) mass is 706 g/mol. The number of carbonyl (C=O) groups excluding carboxylic acids is 4. The molecule has 1 aliphatic rings. The van der Waals surface area contributed by atoms with Crippen LogP contribution in [-0.4, -0.2) is 49.2 Å². The van der Waals surface area contributed by atoms with Gasteiger partial charge in [-0.15, -0.1) is 12.4 Å². The van der Waals surface area contributed by atoms with Crippen molar-refractivity contribution in [3.05, 3.63) is 100 Å². The molecule has 46 heavy (non-hydrogen) atoms. The standard InChI is InChI=1S/C35H35BrN4O5.ClH/c1-20(18-37)33(42)38-32-21(2)40(34(43)24-14-12-23(13-15-24)22(3)41)30-11-6-5-10-29(30)39(35(32)44)19-27-25-8-7-9-28(36)26(25)16-17-31(27)45-4;/h5-17,20-21,32H,18-19,37H2,1-4H3,(H,38,42);1H/t20-,21-,32-;/m0./s1. The zero-order chi connectivity index (χ0) is 32.4. The van der Waals surface area contributed by atoms with Gasteiger partial charge in [-0.3, -0.25) is 19.2 Å². The summed E-state index contributed by atoms with van der Waals surface area (Å²) in [5, 5.41) is 4.75. The first-order chi connectivity index (χ1) is 21.6. The third kappa shape index (κ3) is 6.51. The molecule has 0 spiro atoms. The Labute approximate surface area is 282 Å². The van der Waals surface area contributed by atoms with Crippen molar-refractivity contribution in [2.75, 3.05) is 23.5 Å².